The van der Waals surface area contributed by atoms with E-state index in [-0.39, 0.29) is 22.4 Å². The maximum atomic E-state index is 13.0. The maximum absolute atomic E-state index is 13.0. The molecule has 8 nitrogen and oxygen atoms in total. The summed E-state index contributed by atoms with van der Waals surface area (Å²) < 4.78 is 25.9. The number of hydrogen-bond acceptors (Lipinski definition) is 5. The molecule has 3 aromatic rings. The third-order valence-corrected chi connectivity index (χ3v) is 5.70. The number of amides is 2. The Kier molecular flexibility index (Phi) is 6.26. The molecule has 0 saturated heterocycles. The summed E-state index contributed by atoms with van der Waals surface area (Å²) in [5.41, 5.74) is 2.31. The molecule has 2 aromatic carbocycles. The molecular weight excluding hydrogens is 416 g/mol. The van der Waals surface area contributed by atoms with Gasteiger partial charge in [-0.1, -0.05) is 18.2 Å². The fraction of sp³-hybridized carbons (Fsp3) is 0.227. The Morgan fingerprint density at radius 2 is 1.74 bits per heavy atom. The Labute approximate surface area is 181 Å². The number of carbonyl (C=O) groups excluding carboxylic acids is 2. The summed E-state index contributed by atoms with van der Waals surface area (Å²) in [5.74, 6) is -0.784. The molecule has 162 valence electrons. The predicted octanol–water partition coefficient (Wildman–Crippen LogP) is 3.75. The Morgan fingerprint density at radius 1 is 1.03 bits per heavy atom. The minimum Gasteiger partial charge on any atom is -0.326 e. The second-order valence-corrected chi connectivity index (χ2v) is 9.48. The fourth-order valence-corrected chi connectivity index (χ4v) is 3.69. The van der Waals surface area contributed by atoms with E-state index in [0.717, 1.165) is 11.8 Å². The number of nitrogens with zero attached hydrogens (tertiary/aromatic N) is 2. The monoisotopic (exact) mass is 440 g/mol. The summed E-state index contributed by atoms with van der Waals surface area (Å²) in [5, 5.41) is 9.75. The molecule has 0 fully saturated rings. The molecule has 2 N–H and O–H groups in total. The second kappa shape index (κ2) is 8.73. The van der Waals surface area contributed by atoms with Crippen LogP contribution in [0.1, 0.15) is 37.2 Å². The van der Waals surface area contributed by atoms with Gasteiger partial charge in [0, 0.05) is 36.5 Å². The van der Waals surface area contributed by atoms with Gasteiger partial charge in [-0.15, -0.1) is 0 Å². The molecule has 0 atom stereocenters. The number of carbonyl (C=O) groups is 2. The number of hydrogen-bond donors (Lipinski definition) is 2. The highest BCUT2D eigenvalue weighted by Gasteiger charge is 2.18. The number of benzene rings is 2. The highest BCUT2D eigenvalue weighted by Crippen LogP contribution is 2.31. The Hall–Kier alpha value is -3.46. The number of aromatic nitrogens is 2. The van der Waals surface area contributed by atoms with Crippen LogP contribution in [-0.4, -0.2) is 36.3 Å². The molecule has 0 bridgehead atoms. The van der Waals surface area contributed by atoms with E-state index in [2.05, 4.69) is 15.7 Å². The zero-order chi connectivity index (χ0) is 22.8. The van der Waals surface area contributed by atoms with Gasteiger partial charge in [0.2, 0.25) is 5.91 Å². The zero-order valence-electron chi connectivity index (χ0n) is 17.7. The first-order chi connectivity index (χ1) is 14.6. The summed E-state index contributed by atoms with van der Waals surface area (Å²) in [6.45, 7) is 5.34. The first-order valence-electron chi connectivity index (χ1n) is 9.63. The zero-order valence-corrected chi connectivity index (χ0v) is 18.5. The standard InChI is InChI=1S/C22H24N4O4S/c1-14(2)26-13-16(12-23-26)18-10-9-17(31(4,29)30)11-21(18)25-22(28)19-7-5-6-8-20(19)24-15(3)27/h5-14H,1-4H3,(H,24,27)(H,25,28). The van der Waals surface area contributed by atoms with Crippen molar-refractivity contribution in [3.05, 3.63) is 60.4 Å². The highest BCUT2D eigenvalue weighted by molar-refractivity contribution is 7.90. The van der Waals surface area contributed by atoms with Crippen LogP contribution in [0.25, 0.3) is 11.1 Å². The summed E-state index contributed by atoms with van der Waals surface area (Å²) in [7, 11) is -3.49. The lowest BCUT2D eigenvalue weighted by molar-refractivity contribution is -0.114. The number of para-hydroxylation sites is 1. The van der Waals surface area contributed by atoms with Crippen LogP contribution in [0.4, 0.5) is 11.4 Å². The first-order valence-corrected chi connectivity index (χ1v) is 11.5. The van der Waals surface area contributed by atoms with Crippen LogP contribution in [0.3, 0.4) is 0 Å². The Balaban J connectivity index is 2.06. The van der Waals surface area contributed by atoms with Crippen LogP contribution in [0.2, 0.25) is 0 Å². The minimum absolute atomic E-state index is 0.0814. The average Bonchev–Trinajstić information content (AvgIpc) is 3.17. The van der Waals surface area contributed by atoms with Gasteiger partial charge in [-0.05, 0) is 38.1 Å². The largest absolute Gasteiger partial charge is 0.326 e. The fourth-order valence-electron chi connectivity index (χ4n) is 3.04. The van der Waals surface area contributed by atoms with Crippen LogP contribution in [-0.2, 0) is 14.6 Å². The van der Waals surface area contributed by atoms with Gasteiger partial charge in [0.25, 0.3) is 5.91 Å². The van der Waals surface area contributed by atoms with Crippen molar-refractivity contribution in [1.29, 1.82) is 0 Å². The number of sulfone groups is 1. The van der Waals surface area contributed by atoms with E-state index < -0.39 is 15.7 Å². The van der Waals surface area contributed by atoms with Crippen LogP contribution in [0, 0.1) is 0 Å². The SMILES string of the molecule is CC(=O)Nc1ccccc1C(=O)Nc1cc(S(C)(=O)=O)ccc1-c1cnn(C(C)C)c1. The summed E-state index contributed by atoms with van der Waals surface area (Å²) in [6, 6.07) is 11.3. The van der Waals surface area contributed by atoms with Gasteiger partial charge in [-0.25, -0.2) is 8.42 Å². The highest BCUT2D eigenvalue weighted by atomic mass is 32.2. The van der Waals surface area contributed by atoms with Crippen molar-refractivity contribution in [3.63, 3.8) is 0 Å². The van der Waals surface area contributed by atoms with Crippen LogP contribution >= 0.6 is 0 Å². The van der Waals surface area contributed by atoms with Crippen LogP contribution in [0.5, 0.6) is 0 Å². The minimum atomic E-state index is -3.49. The molecule has 31 heavy (non-hydrogen) atoms. The van der Waals surface area contributed by atoms with Crippen molar-refractivity contribution in [2.24, 2.45) is 0 Å². The number of rotatable bonds is 6. The van der Waals surface area contributed by atoms with E-state index in [4.69, 9.17) is 0 Å². The summed E-state index contributed by atoms with van der Waals surface area (Å²) >= 11 is 0. The van der Waals surface area contributed by atoms with Crippen LogP contribution in [0.15, 0.2) is 59.8 Å². The quantitative estimate of drug-likeness (QED) is 0.607. The molecular formula is C22H24N4O4S. The second-order valence-electron chi connectivity index (χ2n) is 7.46. The van der Waals surface area contributed by atoms with Crippen molar-refractivity contribution in [2.45, 2.75) is 31.7 Å². The van der Waals surface area contributed by atoms with Crippen molar-refractivity contribution in [2.75, 3.05) is 16.9 Å². The van der Waals surface area contributed by atoms with E-state index >= 15 is 0 Å². The van der Waals surface area contributed by atoms with E-state index in [0.29, 0.717) is 16.9 Å². The van der Waals surface area contributed by atoms with Gasteiger partial charge < -0.3 is 10.6 Å². The molecule has 0 aliphatic rings. The molecule has 0 radical (unpaired) electrons. The normalized spacial score (nSPS) is 11.4. The van der Waals surface area contributed by atoms with Crippen molar-refractivity contribution >= 4 is 33.0 Å². The van der Waals surface area contributed by atoms with E-state index in [1.165, 1.54) is 19.1 Å². The molecule has 0 aliphatic heterocycles. The predicted molar refractivity (Wildman–Crippen MR) is 120 cm³/mol. The van der Waals surface area contributed by atoms with Crippen molar-refractivity contribution in [1.82, 2.24) is 9.78 Å². The maximum Gasteiger partial charge on any atom is 0.257 e. The number of anilines is 2. The molecule has 2 amide bonds. The molecule has 0 unspecified atom stereocenters. The lowest BCUT2D eigenvalue weighted by Crippen LogP contribution is -2.17. The molecule has 0 aliphatic carbocycles. The summed E-state index contributed by atoms with van der Waals surface area (Å²) in [4.78, 5) is 24.6. The average molecular weight is 441 g/mol. The van der Waals surface area contributed by atoms with Gasteiger partial charge in [0.15, 0.2) is 9.84 Å². The molecule has 0 spiro atoms. The first kappa shape index (κ1) is 22.2. The molecule has 1 aromatic heterocycles. The van der Waals surface area contributed by atoms with Crippen LogP contribution < -0.4 is 10.6 Å². The summed E-state index contributed by atoms with van der Waals surface area (Å²) in [6.07, 6.45) is 4.61. The third-order valence-electron chi connectivity index (χ3n) is 4.59. The molecule has 1 heterocycles. The van der Waals surface area contributed by atoms with Crippen molar-refractivity contribution in [3.8, 4) is 11.1 Å². The Bertz CT molecular complexity index is 1250. The van der Waals surface area contributed by atoms with E-state index in [1.54, 1.807) is 41.2 Å². The van der Waals surface area contributed by atoms with E-state index in [9.17, 15) is 18.0 Å². The van der Waals surface area contributed by atoms with Gasteiger partial charge in [0.05, 0.1) is 28.0 Å². The molecule has 0 saturated carbocycles. The van der Waals surface area contributed by atoms with Crippen molar-refractivity contribution < 1.29 is 18.0 Å². The molecule has 9 heteroatoms. The smallest absolute Gasteiger partial charge is 0.257 e. The van der Waals surface area contributed by atoms with E-state index in [1.807, 2.05) is 20.0 Å². The lowest BCUT2D eigenvalue weighted by atomic mass is 10.1. The lowest BCUT2D eigenvalue weighted by Gasteiger charge is -2.14. The van der Waals surface area contributed by atoms with Gasteiger partial charge in [-0.2, -0.15) is 5.10 Å². The number of nitrogens with one attached hydrogen (secondary N) is 2. The van der Waals surface area contributed by atoms with Gasteiger partial charge >= 0.3 is 0 Å². The Morgan fingerprint density at radius 3 is 2.35 bits per heavy atom. The third kappa shape index (κ3) is 5.18. The van der Waals surface area contributed by atoms with Gasteiger partial charge in [-0.3, -0.25) is 14.3 Å². The van der Waals surface area contributed by atoms with Gasteiger partial charge in [0.1, 0.15) is 0 Å². The molecule has 3 rings (SSSR count). The topological polar surface area (TPSA) is 110 Å².